The Labute approximate surface area is 132 Å². The van der Waals surface area contributed by atoms with Crippen LogP contribution in [-0.4, -0.2) is 39.8 Å². The molecule has 0 atom stereocenters. The maximum atomic E-state index is 5.78. The third kappa shape index (κ3) is 6.63. The average molecular weight is 307 g/mol. The van der Waals surface area contributed by atoms with Crippen LogP contribution in [0.25, 0.3) is 0 Å². The Balaban J connectivity index is 2.45. The van der Waals surface area contributed by atoms with E-state index >= 15 is 0 Å². The van der Waals surface area contributed by atoms with E-state index in [4.69, 9.17) is 14.2 Å². The molecule has 1 aromatic rings. The summed E-state index contributed by atoms with van der Waals surface area (Å²) in [5, 5.41) is 3.59. The molecular formula is C17H25NO4. The molecular weight excluding hydrogens is 282 g/mol. The van der Waals surface area contributed by atoms with Crippen molar-refractivity contribution in [3.05, 3.63) is 35.4 Å². The van der Waals surface area contributed by atoms with Gasteiger partial charge in [0.1, 0.15) is 31.8 Å². The molecule has 0 spiro atoms. The van der Waals surface area contributed by atoms with Crippen molar-refractivity contribution in [1.82, 2.24) is 0 Å². The highest BCUT2D eigenvalue weighted by atomic mass is 16.6. The third-order valence-electron chi connectivity index (χ3n) is 2.86. The molecule has 0 N–H and O–H groups in total. The van der Waals surface area contributed by atoms with Crippen molar-refractivity contribution in [2.24, 2.45) is 5.16 Å². The van der Waals surface area contributed by atoms with Gasteiger partial charge in [0.25, 0.3) is 0 Å². The molecule has 0 saturated heterocycles. The lowest BCUT2D eigenvalue weighted by molar-refractivity contribution is 0.126. The van der Waals surface area contributed by atoms with Gasteiger partial charge >= 0.3 is 0 Å². The zero-order chi connectivity index (χ0) is 16.2. The number of aryl methyl sites for hydroxylation is 2. The molecule has 0 aliphatic carbocycles. The summed E-state index contributed by atoms with van der Waals surface area (Å²) in [5.74, 6) is 1.74. The van der Waals surface area contributed by atoms with Crippen LogP contribution in [0.1, 0.15) is 18.1 Å². The fraction of sp³-hybridized carbons (Fsp3) is 0.471. The smallest absolute Gasteiger partial charge is 0.125 e. The van der Waals surface area contributed by atoms with E-state index in [1.54, 1.807) is 6.21 Å². The highest BCUT2D eigenvalue weighted by Gasteiger charge is 2.07. The number of allylic oxidation sites excluding steroid dienone is 1. The van der Waals surface area contributed by atoms with Crippen molar-refractivity contribution in [3.63, 3.8) is 0 Å². The molecule has 0 heterocycles. The summed E-state index contributed by atoms with van der Waals surface area (Å²) in [6.45, 7) is 7.96. The van der Waals surface area contributed by atoms with Crippen LogP contribution in [0.5, 0.6) is 11.5 Å². The van der Waals surface area contributed by atoms with Gasteiger partial charge in [-0.2, -0.15) is 0 Å². The molecule has 0 bridgehead atoms. The Morgan fingerprint density at radius 2 is 1.77 bits per heavy atom. The molecule has 1 aromatic carbocycles. The summed E-state index contributed by atoms with van der Waals surface area (Å²) < 4.78 is 16.8. The molecule has 1 rings (SSSR count). The van der Waals surface area contributed by atoms with E-state index in [-0.39, 0.29) is 0 Å². The minimum Gasteiger partial charge on any atom is -0.491 e. The minimum atomic E-state index is 0.410. The van der Waals surface area contributed by atoms with E-state index in [0.29, 0.717) is 26.4 Å². The van der Waals surface area contributed by atoms with E-state index in [1.807, 2.05) is 45.1 Å². The van der Waals surface area contributed by atoms with Gasteiger partial charge in [-0.25, -0.2) is 0 Å². The van der Waals surface area contributed by atoms with Crippen LogP contribution in [0.15, 0.2) is 29.4 Å². The van der Waals surface area contributed by atoms with Crippen molar-refractivity contribution >= 4 is 6.21 Å². The lowest BCUT2D eigenvalue weighted by Crippen LogP contribution is -2.09. The number of benzene rings is 1. The number of rotatable bonds is 10. The van der Waals surface area contributed by atoms with E-state index in [2.05, 4.69) is 9.99 Å². The van der Waals surface area contributed by atoms with Crippen LogP contribution in [0, 0.1) is 13.8 Å². The van der Waals surface area contributed by atoms with Gasteiger partial charge in [0.05, 0.1) is 19.4 Å². The van der Waals surface area contributed by atoms with Crippen molar-refractivity contribution in [1.29, 1.82) is 0 Å². The first-order valence-corrected chi connectivity index (χ1v) is 7.29. The zero-order valence-corrected chi connectivity index (χ0v) is 13.8. The van der Waals surface area contributed by atoms with Crippen LogP contribution in [0.4, 0.5) is 0 Å². The van der Waals surface area contributed by atoms with Gasteiger partial charge in [0, 0.05) is 0 Å². The molecule has 0 radical (unpaired) electrons. The molecule has 5 heteroatoms. The van der Waals surface area contributed by atoms with Gasteiger partial charge in [-0.15, -0.1) is 0 Å². The predicted molar refractivity (Wildman–Crippen MR) is 88.0 cm³/mol. The largest absolute Gasteiger partial charge is 0.491 e. The van der Waals surface area contributed by atoms with Crippen LogP contribution in [0.3, 0.4) is 0 Å². The molecule has 0 fully saturated rings. The minimum absolute atomic E-state index is 0.410. The lowest BCUT2D eigenvalue weighted by atomic mass is 10.1. The van der Waals surface area contributed by atoms with Gasteiger partial charge in [-0.3, -0.25) is 0 Å². The predicted octanol–water partition coefficient (Wildman–Crippen LogP) is 3.29. The van der Waals surface area contributed by atoms with Crippen molar-refractivity contribution in [3.8, 4) is 11.5 Å². The standard InChI is InChI=1S/C17H25NO4/c1-5-6-8-21-16-12-14(2)17(15(3)13-16)22-11-10-20-9-7-18-19-4/h5-7,12-13H,8-11H2,1-4H3/b6-5+,18-7+. The molecule has 0 aliphatic heterocycles. The molecule has 0 amide bonds. The fourth-order valence-corrected chi connectivity index (χ4v) is 1.91. The van der Waals surface area contributed by atoms with Crippen LogP contribution >= 0.6 is 0 Å². The van der Waals surface area contributed by atoms with Crippen LogP contribution in [-0.2, 0) is 9.57 Å². The molecule has 0 aromatic heterocycles. The van der Waals surface area contributed by atoms with E-state index < -0.39 is 0 Å². The second-order valence-electron chi connectivity index (χ2n) is 4.66. The molecule has 0 saturated carbocycles. The molecule has 5 nitrogen and oxygen atoms in total. The number of oxime groups is 1. The first-order chi connectivity index (χ1) is 10.7. The Bertz CT molecular complexity index is 474. The Hall–Kier alpha value is -2.01. The van der Waals surface area contributed by atoms with Gasteiger partial charge in [-0.1, -0.05) is 17.3 Å². The SMILES string of the molecule is C/C=C/COc1cc(C)c(OCCOC/C=N/OC)c(C)c1. The highest BCUT2D eigenvalue weighted by molar-refractivity contribution is 5.57. The van der Waals surface area contributed by atoms with E-state index in [9.17, 15) is 0 Å². The van der Waals surface area contributed by atoms with E-state index in [1.165, 1.54) is 7.11 Å². The van der Waals surface area contributed by atoms with Gasteiger partial charge in [0.2, 0.25) is 0 Å². The van der Waals surface area contributed by atoms with Gasteiger partial charge in [-0.05, 0) is 44.0 Å². The lowest BCUT2D eigenvalue weighted by Gasteiger charge is -2.14. The number of hydrogen-bond acceptors (Lipinski definition) is 5. The topological polar surface area (TPSA) is 49.3 Å². The zero-order valence-electron chi connectivity index (χ0n) is 13.8. The fourth-order valence-electron chi connectivity index (χ4n) is 1.91. The molecule has 0 unspecified atom stereocenters. The maximum Gasteiger partial charge on any atom is 0.125 e. The first-order valence-electron chi connectivity index (χ1n) is 7.29. The monoisotopic (exact) mass is 307 g/mol. The second-order valence-corrected chi connectivity index (χ2v) is 4.66. The van der Waals surface area contributed by atoms with Crippen molar-refractivity contribution < 1.29 is 19.0 Å². The quantitative estimate of drug-likeness (QED) is 0.288. The Morgan fingerprint density at radius 3 is 2.41 bits per heavy atom. The maximum absolute atomic E-state index is 5.78. The van der Waals surface area contributed by atoms with E-state index in [0.717, 1.165) is 22.6 Å². The van der Waals surface area contributed by atoms with Crippen LogP contribution < -0.4 is 9.47 Å². The summed E-state index contributed by atoms with van der Waals surface area (Å²) in [6.07, 6.45) is 5.50. The number of nitrogens with zero attached hydrogens (tertiary/aromatic N) is 1. The number of ether oxygens (including phenoxy) is 3. The molecule has 122 valence electrons. The van der Waals surface area contributed by atoms with Crippen molar-refractivity contribution in [2.45, 2.75) is 20.8 Å². The Kier molecular flexibility index (Phi) is 8.76. The van der Waals surface area contributed by atoms with Crippen LogP contribution in [0.2, 0.25) is 0 Å². The average Bonchev–Trinajstić information content (AvgIpc) is 2.49. The second kappa shape index (κ2) is 10.7. The summed E-state index contributed by atoms with van der Waals surface area (Å²) >= 11 is 0. The normalized spacial score (nSPS) is 11.3. The van der Waals surface area contributed by atoms with Gasteiger partial charge in [0.15, 0.2) is 0 Å². The summed E-state index contributed by atoms with van der Waals surface area (Å²) in [7, 11) is 1.50. The Morgan fingerprint density at radius 1 is 1.05 bits per heavy atom. The van der Waals surface area contributed by atoms with Crippen molar-refractivity contribution in [2.75, 3.05) is 33.5 Å². The summed E-state index contributed by atoms with van der Waals surface area (Å²) in [4.78, 5) is 4.54. The van der Waals surface area contributed by atoms with Gasteiger partial charge < -0.3 is 19.0 Å². The third-order valence-corrected chi connectivity index (χ3v) is 2.86. The summed E-state index contributed by atoms with van der Waals surface area (Å²) in [5.41, 5.74) is 2.10. The number of hydrogen-bond donors (Lipinski definition) is 0. The molecule has 22 heavy (non-hydrogen) atoms. The summed E-state index contributed by atoms with van der Waals surface area (Å²) in [6, 6.07) is 3.97. The highest BCUT2D eigenvalue weighted by Crippen LogP contribution is 2.28. The first kappa shape index (κ1) is 18.0. The molecule has 0 aliphatic rings.